The topological polar surface area (TPSA) is 64.1 Å². The molecule has 2 aromatic rings. The van der Waals surface area contributed by atoms with Crippen molar-refractivity contribution in [2.45, 2.75) is 19.4 Å². The Hall–Kier alpha value is -2.89. The number of nitrogens with zero attached hydrogens (tertiary/aromatic N) is 1. The maximum absolute atomic E-state index is 5.40. The molecule has 26 heavy (non-hydrogen) atoms. The minimum absolute atomic E-state index is 0.295. The maximum atomic E-state index is 5.40. The molecule has 2 aromatic carbocycles. The van der Waals surface area contributed by atoms with Crippen molar-refractivity contribution in [2.24, 2.45) is 4.99 Å². The van der Waals surface area contributed by atoms with Gasteiger partial charge in [0.25, 0.3) is 0 Å². The van der Waals surface area contributed by atoms with Gasteiger partial charge in [0.05, 0.1) is 7.11 Å². The molecule has 6 heteroatoms. The SMILES string of the molecule is CN=C(NCCCc1ccc(OC)cc1)NCc1ccc2c(c1)OCO2. The van der Waals surface area contributed by atoms with Crippen LogP contribution in [0.1, 0.15) is 17.5 Å². The number of aryl methyl sites for hydroxylation is 1. The number of methoxy groups -OCH3 is 1. The zero-order chi connectivity index (χ0) is 18.2. The van der Waals surface area contributed by atoms with Crippen LogP contribution in [0.25, 0.3) is 0 Å². The van der Waals surface area contributed by atoms with Gasteiger partial charge in [-0.25, -0.2) is 0 Å². The van der Waals surface area contributed by atoms with Crippen molar-refractivity contribution in [3.8, 4) is 17.2 Å². The maximum Gasteiger partial charge on any atom is 0.231 e. The van der Waals surface area contributed by atoms with Crippen molar-refractivity contribution in [1.29, 1.82) is 0 Å². The van der Waals surface area contributed by atoms with Gasteiger partial charge in [-0.3, -0.25) is 4.99 Å². The molecule has 1 aliphatic rings. The molecular weight excluding hydrogens is 330 g/mol. The third-order valence-electron chi connectivity index (χ3n) is 4.21. The Morgan fingerprint density at radius 2 is 1.81 bits per heavy atom. The van der Waals surface area contributed by atoms with Crippen LogP contribution < -0.4 is 24.8 Å². The predicted molar refractivity (Wildman–Crippen MR) is 102 cm³/mol. The molecule has 0 unspecified atom stereocenters. The highest BCUT2D eigenvalue weighted by atomic mass is 16.7. The first-order valence-electron chi connectivity index (χ1n) is 8.74. The lowest BCUT2D eigenvalue weighted by Crippen LogP contribution is -2.37. The Bertz CT molecular complexity index is 744. The van der Waals surface area contributed by atoms with E-state index >= 15 is 0 Å². The second-order valence-electron chi connectivity index (χ2n) is 5.99. The van der Waals surface area contributed by atoms with Gasteiger partial charge in [-0.2, -0.15) is 0 Å². The van der Waals surface area contributed by atoms with Crippen LogP contribution in [-0.2, 0) is 13.0 Å². The quantitative estimate of drug-likeness (QED) is 0.454. The minimum atomic E-state index is 0.295. The average Bonchev–Trinajstić information content (AvgIpc) is 3.15. The Morgan fingerprint density at radius 1 is 1.04 bits per heavy atom. The third-order valence-corrected chi connectivity index (χ3v) is 4.21. The molecule has 0 spiro atoms. The fourth-order valence-corrected chi connectivity index (χ4v) is 2.75. The second kappa shape index (κ2) is 8.99. The van der Waals surface area contributed by atoms with Crippen LogP contribution in [0.3, 0.4) is 0 Å². The fourth-order valence-electron chi connectivity index (χ4n) is 2.75. The number of hydrogen-bond donors (Lipinski definition) is 2. The van der Waals surface area contributed by atoms with Crippen LogP contribution in [0, 0.1) is 0 Å². The zero-order valence-corrected chi connectivity index (χ0v) is 15.2. The summed E-state index contributed by atoms with van der Waals surface area (Å²) < 4.78 is 15.9. The molecule has 0 saturated heterocycles. The number of nitrogens with one attached hydrogen (secondary N) is 2. The van der Waals surface area contributed by atoms with Gasteiger partial charge in [0.15, 0.2) is 17.5 Å². The lowest BCUT2D eigenvalue weighted by Gasteiger charge is -2.12. The Morgan fingerprint density at radius 3 is 2.58 bits per heavy atom. The Balaban J connectivity index is 1.39. The van der Waals surface area contributed by atoms with Gasteiger partial charge in [0.2, 0.25) is 6.79 Å². The molecule has 0 radical (unpaired) electrons. The monoisotopic (exact) mass is 355 g/mol. The summed E-state index contributed by atoms with van der Waals surface area (Å²) in [4.78, 5) is 4.26. The molecular formula is C20H25N3O3. The van der Waals surface area contributed by atoms with Gasteiger partial charge in [-0.15, -0.1) is 0 Å². The summed E-state index contributed by atoms with van der Waals surface area (Å²) in [6, 6.07) is 14.1. The highest BCUT2D eigenvalue weighted by Crippen LogP contribution is 2.32. The van der Waals surface area contributed by atoms with Crippen LogP contribution in [0.5, 0.6) is 17.2 Å². The lowest BCUT2D eigenvalue weighted by molar-refractivity contribution is 0.174. The number of ether oxygens (including phenoxy) is 3. The van der Waals surface area contributed by atoms with Crippen molar-refractivity contribution in [3.05, 3.63) is 53.6 Å². The summed E-state index contributed by atoms with van der Waals surface area (Å²) >= 11 is 0. The van der Waals surface area contributed by atoms with Crippen molar-refractivity contribution >= 4 is 5.96 Å². The van der Waals surface area contributed by atoms with Gasteiger partial charge in [0.1, 0.15) is 5.75 Å². The fraction of sp³-hybridized carbons (Fsp3) is 0.350. The van der Waals surface area contributed by atoms with E-state index in [1.165, 1.54) is 5.56 Å². The van der Waals surface area contributed by atoms with Gasteiger partial charge >= 0.3 is 0 Å². The van der Waals surface area contributed by atoms with E-state index in [4.69, 9.17) is 14.2 Å². The Labute approximate surface area is 154 Å². The van der Waals surface area contributed by atoms with E-state index in [9.17, 15) is 0 Å². The summed E-state index contributed by atoms with van der Waals surface area (Å²) in [5.41, 5.74) is 2.42. The Kier molecular flexibility index (Phi) is 6.19. The number of aliphatic imine (C=N–C) groups is 1. The first kappa shape index (κ1) is 17.9. The average molecular weight is 355 g/mol. The summed E-state index contributed by atoms with van der Waals surface area (Å²) in [5.74, 6) is 3.28. The number of guanidine groups is 1. The number of rotatable bonds is 7. The van der Waals surface area contributed by atoms with E-state index in [-0.39, 0.29) is 0 Å². The van der Waals surface area contributed by atoms with E-state index in [0.717, 1.165) is 48.2 Å². The van der Waals surface area contributed by atoms with Crippen molar-refractivity contribution < 1.29 is 14.2 Å². The minimum Gasteiger partial charge on any atom is -0.497 e. The van der Waals surface area contributed by atoms with Crippen LogP contribution in [0.4, 0.5) is 0 Å². The predicted octanol–water partition coefficient (Wildman–Crippen LogP) is 2.72. The molecule has 0 bridgehead atoms. The van der Waals surface area contributed by atoms with E-state index in [1.54, 1.807) is 14.2 Å². The zero-order valence-electron chi connectivity index (χ0n) is 15.2. The first-order chi connectivity index (χ1) is 12.8. The summed E-state index contributed by atoms with van der Waals surface area (Å²) in [5, 5.41) is 6.66. The molecule has 1 heterocycles. The highest BCUT2D eigenvalue weighted by molar-refractivity contribution is 5.79. The smallest absolute Gasteiger partial charge is 0.231 e. The molecule has 6 nitrogen and oxygen atoms in total. The van der Waals surface area contributed by atoms with Crippen LogP contribution in [0.15, 0.2) is 47.5 Å². The van der Waals surface area contributed by atoms with Gasteiger partial charge in [0, 0.05) is 20.1 Å². The number of hydrogen-bond acceptors (Lipinski definition) is 4. The highest BCUT2D eigenvalue weighted by Gasteiger charge is 2.13. The molecule has 0 aromatic heterocycles. The van der Waals surface area contributed by atoms with Crippen molar-refractivity contribution in [3.63, 3.8) is 0 Å². The molecule has 0 aliphatic carbocycles. The largest absolute Gasteiger partial charge is 0.497 e. The molecule has 2 N–H and O–H groups in total. The summed E-state index contributed by atoms with van der Waals surface area (Å²) in [7, 11) is 3.46. The van der Waals surface area contributed by atoms with Crippen molar-refractivity contribution in [2.75, 3.05) is 27.5 Å². The second-order valence-corrected chi connectivity index (χ2v) is 5.99. The van der Waals surface area contributed by atoms with Gasteiger partial charge in [-0.1, -0.05) is 18.2 Å². The van der Waals surface area contributed by atoms with Crippen LogP contribution >= 0.6 is 0 Å². The van der Waals surface area contributed by atoms with E-state index in [0.29, 0.717) is 13.3 Å². The summed E-state index contributed by atoms with van der Waals surface area (Å²) in [6.45, 7) is 1.82. The summed E-state index contributed by atoms with van der Waals surface area (Å²) in [6.07, 6.45) is 2.03. The van der Waals surface area contributed by atoms with Crippen LogP contribution in [-0.4, -0.2) is 33.5 Å². The van der Waals surface area contributed by atoms with Crippen molar-refractivity contribution in [1.82, 2.24) is 10.6 Å². The third kappa shape index (κ3) is 4.81. The first-order valence-corrected chi connectivity index (χ1v) is 8.74. The van der Waals surface area contributed by atoms with Crippen LogP contribution in [0.2, 0.25) is 0 Å². The standard InChI is InChI=1S/C20H25N3O3/c1-21-20(22-11-3-4-15-5-8-17(24-2)9-6-15)23-13-16-7-10-18-19(12-16)26-14-25-18/h5-10,12H,3-4,11,13-14H2,1-2H3,(H2,21,22,23). The van der Waals surface area contributed by atoms with E-state index in [2.05, 4.69) is 27.8 Å². The van der Waals surface area contributed by atoms with Gasteiger partial charge in [-0.05, 0) is 48.2 Å². The lowest BCUT2D eigenvalue weighted by atomic mass is 10.1. The molecule has 1 aliphatic heterocycles. The molecule has 138 valence electrons. The number of fused-ring (bicyclic) bond motifs is 1. The van der Waals surface area contributed by atoms with Gasteiger partial charge < -0.3 is 24.8 Å². The molecule has 3 rings (SSSR count). The molecule has 0 saturated carbocycles. The van der Waals surface area contributed by atoms with E-state index in [1.807, 2.05) is 30.3 Å². The number of benzene rings is 2. The molecule has 0 amide bonds. The van der Waals surface area contributed by atoms with E-state index < -0.39 is 0 Å². The normalized spacial score (nSPS) is 12.8. The molecule has 0 atom stereocenters. The molecule has 0 fully saturated rings.